The van der Waals surface area contributed by atoms with E-state index < -0.39 is 10.0 Å². The second-order valence-electron chi connectivity index (χ2n) is 5.13. The number of sulfonamides is 1. The van der Waals surface area contributed by atoms with E-state index in [0.29, 0.717) is 24.1 Å². The number of nitrogens with zero attached hydrogens (tertiary/aromatic N) is 2. The van der Waals surface area contributed by atoms with Gasteiger partial charge in [-0.3, -0.25) is 0 Å². The van der Waals surface area contributed by atoms with Gasteiger partial charge in [0, 0.05) is 19.3 Å². The highest BCUT2D eigenvalue weighted by Gasteiger charge is 2.36. The zero-order chi connectivity index (χ0) is 14.2. The first-order valence-corrected chi connectivity index (χ1v) is 7.56. The molecular weight excluding hydrogens is 262 g/mol. The Labute approximate surface area is 113 Å². The molecule has 6 heteroatoms. The Hall–Kier alpha value is -1.58. The molecule has 2 atom stereocenters. The van der Waals surface area contributed by atoms with E-state index in [-0.39, 0.29) is 10.5 Å². The summed E-state index contributed by atoms with van der Waals surface area (Å²) in [6.45, 7) is 2.60. The van der Waals surface area contributed by atoms with Crippen LogP contribution >= 0.6 is 0 Å². The van der Waals surface area contributed by atoms with Gasteiger partial charge >= 0.3 is 0 Å². The summed E-state index contributed by atoms with van der Waals surface area (Å²) in [4.78, 5) is 0.0278. The maximum Gasteiger partial charge on any atom is 0.244 e. The van der Waals surface area contributed by atoms with Crippen molar-refractivity contribution < 1.29 is 8.42 Å². The second-order valence-corrected chi connectivity index (χ2v) is 7.14. The average Bonchev–Trinajstić information content (AvgIpc) is 3.04. The van der Waals surface area contributed by atoms with Crippen LogP contribution in [0, 0.1) is 23.2 Å². The smallest absolute Gasteiger partial charge is 0.244 e. The lowest BCUT2D eigenvalue weighted by molar-refractivity contribution is 0.444. The molecule has 102 valence electrons. The molecule has 0 heterocycles. The lowest BCUT2D eigenvalue weighted by Gasteiger charge is -2.18. The Morgan fingerprint density at radius 2 is 2.16 bits per heavy atom. The molecule has 1 aliphatic rings. The first-order chi connectivity index (χ1) is 8.86. The van der Waals surface area contributed by atoms with Crippen LogP contribution in [0.5, 0.6) is 0 Å². The van der Waals surface area contributed by atoms with Gasteiger partial charge in [0.05, 0.1) is 5.56 Å². The molecule has 2 N–H and O–H groups in total. The molecule has 0 spiro atoms. The van der Waals surface area contributed by atoms with E-state index in [1.807, 2.05) is 6.07 Å². The summed E-state index contributed by atoms with van der Waals surface area (Å²) in [6.07, 6.45) is 1.06. The van der Waals surface area contributed by atoms with Crippen molar-refractivity contribution in [3.8, 4) is 6.07 Å². The summed E-state index contributed by atoms with van der Waals surface area (Å²) in [5.74, 6) is 1.01. The summed E-state index contributed by atoms with van der Waals surface area (Å²) in [6, 6.07) is 6.18. The van der Waals surface area contributed by atoms with E-state index in [2.05, 4.69) is 6.92 Å². The maximum atomic E-state index is 12.4. The molecule has 1 aliphatic carbocycles. The van der Waals surface area contributed by atoms with Crippen molar-refractivity contribution in [2.45, 2.75) is 18.2 Å². The van der Waals surface area contributed by atoms with Gasteiger partial charge in [0.25, 0.3) is 0 Å². The maximum absolute atomic E-state index is 12.4. The third-order valence-electron chi connectivity index (χ3n) is 3.58. The lowest BCUT2D eigenvalue weighted by atomic mass is 10.2. The Morgan fingerprint density at radius 1 is 1.53 bits per heavy atom. The van der Waals surface area contributed by atoms with E-state index in [1.54, 1.807) is 7.05 Å². The number of anilines is 1. The summed E-state index contributed by atoms with van der Waals surface area (Å²) in [5, 5.41) is 9.04. The van der Waals surface area contributed by atoms with Crippen molar-refractivity contribution in [3.63, 3.8) is 0 Å². The van der Waals surface area contributed by atoms with Crippen LogP contribution < -0.4 is 5.73 Å². The van der Waals surface area contributed by atoms with Crippen LogP contribution in [0.3, 0.4) is 0 Å². The summed E-state index contributed by atoms with van der Waals surface area (Å²) >= 11 is 0. The molecule has 1 aromatic carbocycles. The Morgan fingerprint density at radius 3 is 2.68 bits per heavy atom. The zero-order valence-corrected chi connectivity index (χ0v) is 11.8. The van der Waals surface area contributed by atoms with Gasteiger partial charge in [-0.2, -0.15) is 5.26 Å². The average molecular weight is 279 g/mol. The van der Waals surface area contributed by atoms with Gasteiger partial charge in [0.15, 0.2) is 0 Å². The molecule has 19 heavy (non-hydrogen) atoms. The quantitative estimate of drug-likeness (QED) is 0.844. The van der Waals surface area contributed by atoms with E-state index in [9.17, 15) is 8.42 Å². The SMILES string of the molecule is CC1CC1CN(C)S(=O)(=O)c1ccc(N)cc1C#N. The molecule has 0 saturated heterocycles. The molecule has 2 unspecified atom stereocenters. The van der Waals surface area contributed by atoms with Crippen LogP contribution in [0.2, 0.25) is 0 Å². The van der Waals surface area contributed by atoms with Crippen molar-refractivity contribution in [1.29, 1.82) is 5.26 Å². The molecule has 0 aromatic heterocycles. The second kappa shape index (κ2) is 4.83. The predicted molar refractivity (Wildman–Crippen MR) is 72.7 cm³/mol. The summed E-state index contributed by atoms with van der Waals surface area (Å²) in [5.41, 5.74) is 6.05. The summed E-state index contributed by atoms with van der Waals surface area (Å²) in [7, 11) is -2.07. The molecule has 2 rings (SSSR count). The van der Waals surface area contributed by atoms with Gasteiger partial charge in [-0.15, -0.1) is 0 Å². The third-order valence-corrected chi connectivity index (χ3v) is 5.46. The molecule has 0 amide bonds. The first-order valence-electron chi connectivity index (χ1n) is 6.12. The standard InChI is InChI=1S/C13H17N3O2S/c1-9-5-11(9)8-16(2)19(17,18)13-4-3-12(15)6-10(13)7-14/h3-4,6,9,11H,5,8,15H2,1-2H3. The minimum Gasteiger partial charge on any atom is -0.399 e. The number of nitrogens with two attached hydrogens (primary N) is 1. The van der Waals surface area contributed by atoms with Crippen molar-refractivity contribution in [3.05, 3.63) is 23.8 Å². The van der Waals surface area contributed by atoms with Crippen molar-refractivity contribution in [2.75, 3.05) is 19.3 Å². The normalized spacial score (nSPS) is 22.2. The van der Waals surface area contributed by atoms with Gasteiger partial charge in [0.1, 0.15) is 11.0 Å². The van der Waals surface area contributed by atoms with Crippen LogP contribution in [-0.2, 0) is 10.0 Å². The number of nitrogen functional groups attached to an aromatic ring is 1. The Balaban J connectivity index is 2.31. The minimum absolute atomic E-state index is 0.0278. The number of rotatable bonds is 4. The van der Waals surface area contributed by atoms with Gasteiger partial charge < -0.3 is 5.73 Å². The number of nitriles is 1. The van der Waals surface area contributed by atoms with Crippen LogP contribution in [0.1, 0.15) is 18.9 Å². The monoisotopic (exact) mass is 279 g/mol. The van der Waals surface area contributed by atoms with Gasteiger partial charge in [-0.25, -0.2) is 12.7 Å². The van der Waals surface area contributed by atoms with E-state index in [0.717, 1.165) is 6.42 Å². The largest absolute Gasteiger partial charge is 0.399 e. The molecule has 1 aromatic rings. The lowest BCUT2D eigenvalue weighted by Crippen LogP contribution is -2.29. The first kappa shape index (κ1) is 13.8. The molecule has 1 saturated carbocycles. The zero-order valence-electron chi connectivity index (χ0n) is 11.0. The Kier molecular flexibility index (Phi) is 3.52. The van der Waals surface area contributed by atoms with Crippen molar-refractivity contribution in [1.82, 2.24) is 4.31 Å². The highest BCUT2D eigenvalue weighted by Crippen LogP contribution is 2.38. The summed E-state index contributed by atoms with van der Waals surface area (Å²) < 4.78 is 26.2. The van der Waals surface area contributed by atoms with Crippen LogP contribution in [-0.4, -0.2) is 26.3 Å². The highest BCUT2D eigenvalue weighted by atomic mass is 32.2. The van der Waals surface area contributed by atoms with Gasteiger partial charge in [-0.1, -0.05) is 6.92 Å². The van der Waals surface area contributed by atoms with Gasteiger partial charge in [-0.05, 0) is 36.5 Å². The van der Waals surface area contributed by atoms with Crippen LogP contribution in [0.25, 0.3) is 0 Å². The topological polar surface area (TPSA) is 87.2 Å². The molecule has 1 fully saturated rings. The minimum atomic E-state index is -3.62. The fourth-order valence-corrected chi connectivity index (χ4v) is 3.46. The predicted octanol–water partition coefficient (Wildman–Crippen LogP) is 1.42. The Bertz CT molecular complexity index is 634. The highest BCUT2D eigenvalue weighted by molar-refractivity contribution is 7.89. The van der Waals surface area contributed by atoms with E-state index >= 15 is 0 Å². The molecular formula is C13H17N3O2S. The van der Waals surface area contributed by atoms with E-state index in [4.69, 9.17) is 11.0 Å². The number of hydrogen-bond acceptors (Lipinski definition) is 4. The van der Waals surface area contributed by atoms with Gasteiger partial charge in [0.2, 0.25) is 10.0 Å². The fraction of sp³-hybridized carbons (Fsp3) is 0.462. The molecule has 5 nitrogen and oxygen atoms in total. The fourth-order valence-electron chi connectivity index (χ4n) is 2.11. The number of hydrogen-bond donors (Lipinski definition) is 1. The molecule has 0 radical (unpaired) electrons. The number of benzene rings is 1. The van der Waals surface area contributed by atoms with Crippen LogP contribution in [0.4, 0.5) is 5.69 Å². The van der Waals surface area contributed by atoms with Crippen LogP contribution in [0.15, 0.2) is 23.1 Å². The third kappa shape index (κ3) is 2.72. The molecule has 0 bridgehead atoms. The van der Waals surface area contributed by atoms with Crippen molar-refractivity contribution >= 4 is 15.7 Å². The molecule has 0 aliphatic heterocycles. The van der Waals surface area contributed by atoms with Crippen molar-refractivity contribution in [2.24, 2.45) is 11.8 Å². The van der Waals surface area contributed by atoms with E-state index in [1.165, 1.54) is 22.5 Å².